The summed E-state index contributed by atoms with van der Waals surface area (Å²) in [4.78, 5) is 4.54. The predicted molar refractivity (Wildman–Crippen MR) is 64.5 cm³/mol. The molecular formula is C11H20N2OS. The van der Waals surface area contributed by atoms with Crippen LogP contribution in [0.15, 0.2) is 5.38 Å². The standard InChI is InChI=1S/C11H20N2OS/c1-9(2)12-6-4-10-8-15-11(13-10)5-7-14-3/h8-9,12H,4-7H2,1-3H3. The van der Waals surface area contributed by atoms with Gasteiger partial charge in [-0.3, -0.25) is 0 Å². The minimum atomic E-state index is 0.552. The van der Waals surface area contributed by atoms with Crippen LogP contribution in [0.5, 0.6) is 0 Å². The van der Waals surface area contributed by atoms with E-state index in [2.05, 4.69) is 29.5 Å². The highest BCUT2D eigenvalue weighted by molar-refractivity contribution is 7.09. The maximum absolute atomic E-state index is 5.02. The second kappa shape index (κ2) is 6.93. The number of thiazole rings is 1. The van der Waals surface area contributed by atoms with Gasteiger partial charge in [0.25, 0.3) is 0 Å². The van der Waals surface area contributed by atoms with Crippen molar-refractivity contribution in [1.29, 1.82) is 0 Å². The van der Waals surface area contributed by atoms with E-state index in [0.717, 1.165) is 26.0 Å². The van der Waals surface area contributed by atoms with Gasteiger partial charge in [-0.05, 0) is 0 Å². The summed E-state index contributed by atoms with van der Waals surface area (Å²) in [6.07, 6.45) is 1.94. The van der Waals surface area contributed by atoms with Gasteiger partial charge in [0.15, 0.2) is 0 Å². The fourth-order valence-electron chi connectivity index (χ4n) is 1.26. The highest BCUT2D eigenvalue weighted by Gasteiger charge is 2.01. The summed E-state index contributed by atoms with van der Waals surface area (Å²) in [6.45, 7) is 6.08. The Bertz CT molecular complexity index is 273. The van der Waals surface area contributed by atoms with Crippen LogP contribution < -0.4 is 5.32 Å². The van der Waals surface area contributed by atoms with E-state index in [9.17, 15) is 0 Å². The number of hydrogen-bond acceptors (Lipinski definition) is 4. The zero-order chi connectivity index (χ0) is 11.1. The normalized spacial score (nSPS) is 11.2. The zero-order valence-corrected chi connectivity index (χ0v) is 10.6. The number of nitrogens with one attached hydrogen (secondary N) is 1. The topological polar surface area (TPSA) is 34.1 Å². The Morgan fingerprint density at radius 1 is 1.47 bits per heavy atom. The molecule has 0 aliphatic carbocycles. The van der Waals surface area contributed by atoms with Crippen LogP contribution in [0, 0.1) is 0 Å². The van der Waals surface area contributed by atoms with E-state index in [0.29, 0.717) is 6.04 Å². The van der Waals surface area contributed by atoms with Crippen LogP contribution in [0.3, 0.4) is 0 Å². The molecule has 1 heterocycles. The molecule has 0 atom stereocenters. The fraction of sp³-hybridized carbons (Fsp3) is 0.727. The quantitative estimate of drug-likeness (QED) is 0.773. The first kappa shape index (κ1) is 12.6. The van der Waals surface area contributed by atoms with Gasteiger partial charge in [0.2, 0.25) is 0 Å². The minimum Gasteiger partial charge on any atom is -0.384 e. The number of methoxy groups -OCH3 is 1. The third-order valence-electron chi connectivity index (χ3n) is 2.05. The Balaban J connectivity index is 2.26. The van der Waals surface area contributed by atoms with E-state index in [1.54, 1.807) is 18.4 Å². The molecule has 0 unspecified atom stereocenters. The van der Waals surface area contributed by atoms with E-state index < -0.39 is 0 Å². The molecular weight excluding hydrogens is 208 g/mol. The van der Waals surface area contributed by atoms with Gasteiger partial charge >= 0.3 is 0 Å². The SMILES string of the molecule is COCCc1nc(CCNC(C)C)cs1. The Kier molecular flexibility index (Phi) is 5.83. The Labute approximate surface area is 95.9 Å². The largest absolute Gasteiger partial charge is 0.384 e. The van der Waals surface area contributed by atoms with Crippen LogP contribution in [0.1, 0.15) is 24.5 Å². The third kappa shape index (κ3) is 5.25. The molecule has 1 aromatic rings. The second-order valence-electron chi connectivity index (χ2n) is 3.83. The summed E-state index contributed by atoms with van der Waals surface area (Å²) >= 11 is 1.73. The first-order chi connectivity index (χ1) is 7.22. The van der Waals surface area contributed by atoms with Crippen molar-refractivity contribution in [2.24, 2.45) is 0 Å². The Hall–Kier alpha value is -0.450. The maximum atomic E-state index is 5.02. The van der Waals surface area contributed by atoms with Gasteiger partial charge < -0.3 is 10.1 Å². The van der Waals surface area contributed by atoms with Crippen molar-refractivity contribution >= 4 is 11.3 Å². The van der Waals surface area contributed by atoms with E-state index in [4.69, 9.17) is 4.74 Å². The van der Waals surface area contributed by atoms with E-state index in [1.165, 1.54) is 10.7 Å². The molecule has 0 aromatic carbocycles. The van der Waals surface area contributed by atoms with Crippen molar-refractivity contribution in [2.75, 3.05) is 20.3 Å². The Morgan fingerprint density at radius 2 is 2.27 bits per heavy atom. The summed E-state index contributed by atoms with van der Waals surface area (Å²) in [5.41, 5.74) is 1.19. The minimum absolute atomic E-state index is 0.552. The fourth-order valence-corrected chi connectivity index (χ4v) is 2.07. The van der Waals surface area contributed by atoms with Crippen molar-refractivity contribution in [3.8, 4) is 0 Å². The number of hydrogen-bond donors (Lipinski definition) is 1. The van der Waals surface area contributed by atoms with Crippen LogP contribution in [-0.4, -0.2) is 31.3 Å². The maximum Gasteiger partial charge on any atom is 0.0951 e. The van der Waals surface area contributed by atoms with Gasteiger partial charge in [0, 0.05) is 37.9 Å². The molecule has 15 heavy (non-hydrogen) atoms. The molecule has 0 saturated carbocycles. The third-order valence-corrected chi connectivity index (χ3v) is 3.01. The summed E-state index contributed by atoms with van der Waals surface area (Å²) in [6, 6.07) is 0.552. The van der Waals surface area contributed by atoms with Gasteiger partial charge in [-0.15, -0.1) is 11.3 Å². The number of rotatable bonds is 7. The van der Waals surface area contributed by atoms with E-state index in [1.807, 2.05) is 0 Å². The zero-order valence-electron chi connectivity index (χ0n) is 9.75. The van der Waals surface area contributed by atoms with Crippen molar-refractivity contribution in [3.63, 3.8) is 0 Å². The van der Waals surface area contributed by atoms with Crippen molar-refractivity contribution in [3.05, 3.63) is 16.1 Å². The van der Waals surface area contributed by atoms with Gasteiger partial charge in [0.05, 0.1) is 17.3 Å². The number of nitrogens with zero attached hydrogens (tertiary/aromatic N) is 1. The van der Waals surface area contributed by atoms with Crippen molar-refractivity contribution in [1.82, 2.24) is 10.3 Å². The van der Waals surface area contributed by atoms with E-state index in [-0.39, 0.29) is 0 Å². The monoisotopic (exact) mass is 228 g/mol. The smallest absolute Gasteiger partial charge is 0.0951 e. The van der Waals surface area contributed by atoms with Gasteiger partial charge in [-0.1, -0.05) is 13.8 Å². The van der Waals surface area contributed by atoms with Gasteiger partial charge in [0.1, 0.15) is 0 Å². The summed E-state index contributed by atoms with van der Waals surface area (Å²) in [7, 11) is 1.72. The highest BCUT2D eigenvalue weighted by atomic mass is 32.1. The van der Waals surface area contributed by atoms with Crippen molar-refractivity contribution < 1.29 is 4.74 Å². The lowest BCUT2D eigenvalue weighted by Crippen LogP contribution is -2.25. The molecule has 1 N–H and O–H groups in total. The molecule has 0 spiro atoms. The molecule has 0 amide bonds. The molecule has 0 fully saturated rings. The lowest BCUT2D eigenvalue weighted by Gasteiger charge is -2.05. The molecule has 0 radical (unpaired) electrons. The van der Waals surface area contributed by atoms with Crippen LogP contribution in [0.2, 0.25) is 0 Å². The summed E-state index contributed by atoms with van der Waals surface area (Å²) < 4.78 is 5.02. The summed E-state index contributed by atoms with van der Waals surface area (Å²) in [5.74, 6) is 0. The van der Waals surface area contributed by atoms with Crippen LogP contribution >= 0.6 is 11.3 Å². The number of ether oxygens (including phenoxy) is 1. The van der Waals surface area contributed by atoms with Crippen molar-refractivity contribution in [2.45, 2.75) is 32.7 Å². The molecule has 86 valence electrons. The molecule has 0 saturated heterocycles. The van der Waals surface area contributed by atoms with E-state index >= 15 is 0 Å². The number of aromatic nitrogens is 1. The van der Waals surface area contributed by atoms with Crippen LogP contribution in [0.25, 0.3) is 0 Å². The summed E-state index contributed by atoms with van der Waals surface area (Å²) in [5, 5.41) is 6.71. The average Bonchev–Trinajstić information content (AvgIpc) is 2.62. The predicted octanol–water partition coefficient (Wildman–Crippen LogP) is 1.87. The first-order valence-corrected chi connectivity index (χ1v) is 6.26. The molecule has 4 heteroatoms. The Morgan fingerprint density at radius 3 is 2.93 bits per heavy atom. The molecule has 0 bridgehead atoms. The highest BCUT2D eigenvalue weighted by Crippen LogP contribution is 2.10. The van der Waals surface area contributed by atoms with Crippen LogP contribution in [-0.2, 0) is 17.6 Å². The second-order valence-corrected chi connectivity index (χ2v) is 4.78. The average molecular weight is 228 g/mol. The lowest BCUT2D eigenvalue weighted by atomic mass is 10.3. The molecule has 1 rings (SSSR count). The molecule has 3 nitrogen and oxygen atoms in total. The van der Waals surface area contributed by atoms with Gasteiger partial charge in [-0.2, -0.15) is 0 Å². The first-order valence-electron chi connectivity index (χ1n) is 5.38. The molecule has 0 aliphatic heterocycles. The molecule has 1 aromatic heterocycles. The van der Waals surface area contributed by atoms with Gasteiger partial charge in [-0.25, -0.2) is 4.98 Å². The molecule has 0 aliphatic rings. The lowest BCUT2D eigenvalue weighted by molar-refractivity contribution is 0.202. The van der Waals surface area contributed by atoms with Crippen LogP contribution in [0.4, 0.5) is 0 Å².